The van der Waals surface area contributed by atoms with Crippen molar-refractivity contribution >= 4 is 23.3 Å². The summed E-state index contributed by atoms with van der Waals surface area (Å²) < 4.78 is 5.40. The summed E-state index contributed by atoms with van der Waals surface area (Å²) in [5.41, 5.74) is 1.72. The molecule has 148 valence electrons. The lowest BCUT2D eigenvalue weighted by Crippen LogP contribution is -2.13. The molecular weight excluding hydrogens is 382 g/mol. The highest BCUT2D eigenvalue weighted by Crippen LogP contribution is 2.23. The van der Waals surface area contributed by atoms with Crippen LogP contribution in [0.2, 0.25) is 0 Å². The van der Waals surface area contributed by atoms with Crippen LogP contribution in [0, 0.1) is 34.1 Å². The number of amides is 1. The maximum atomic E-state index is 12.3. The van der Waals surface area contributed by atoms with Crippen LogP contribution in [-0.4, -0.2) is 26.0 Å². The number of aromatic nitrogens is 2. The molecule has 11 nitrogen and oxygen atoms in total. The molecule has 0 fully saturated rings. The van der Waals surface area contributed by atoms with Gasteiger partial charge < -0.3 is 4.42 Å². The Morgan fingerprint density at radius 3 is 2.28 bits per heavy atom. The quantitative estimate of drug-likeness (QED) is 0.490. The average molecular weight is 397 g/mol. The number of hydrogen-bond acceptors (Lipinski definition) is 8. The molecule has 1 amide bonds. The maximum Gasteiger partial charge on any atom is 0.322 e. The molecule has 1 aromatic heterocycles. The molecule has 1 heterocycles. The molecule has 0 bridgehead atoms. The highest BCUT2D eigenvalue weighted by Gasteiger charge is 2.21. The molecule has 0 saturated heterocycles. The average Bonchev–Trinajstić information content (AvgIpc) is 3.10. The predicted octanol–water partition coefficient (Wildman–Crippen LogP) is 3.35. The first-order valence-corrected chi connectivity index (χ1v) is 8.36. The third-order valence-electron chi connectivity index (χ3n) is 4.11. The van der Waals surface area contributed by atoms with E-state index in [0.717, 1.165) is 34.9 Å². The first kappa shape index (κ1) is 19.6. The third-order valence-corrected chi connectivity index (χ3v) is 4.11. The molecule has 0 spiro atoms. The lowest BCUT2D eigenvalue weighted by atomic mass is 10.0. The highest BCUT2D eigenvalue weighted by atomic mass is 16.6. The highest BCUT2D eigenvalue weighted by molar-refractivity contribution is 6.04. The number of nitro groups is 2. The van der Waals surface area contributed by atoms with Crippen LogP contribution in [0.1, 0.15) is 32.9 Å². The van der Waals surface area contributed by atoms with Gasteiger partial charge in [0.15, 0.2) is 0 Å². The molecule has 3 aromatic rings. The van der Waals surface area contributed by atoms with E-state index in [1.54, 1.807) is 0 Å². The predicted molar refractivity (Wildman–Crippen MR) is 101 cm³/mol. The van der Waals surface area contributed by atoms with Crippen LogP contribution in [0.4, 0.5) is 17.4 Å². The van der Waals surface area contributed by atoms with Gasteiger partial charge >= 0.3 is 6.01 Å². The van der Waals surface area contributed by atoms with Crippen molar-refractivity contribution in [1.82, 2.24) is 10.2 Å². The van der Waals surface area contributed by atoms with Gasteiger partial charge in [0, 0.05) is 12.1 Å². The fourth-order valence-corrected chi connectivity index (χ4v) is 2.69. The van der Waals surface area contributed by atoms with Gasteiger partial charge in [0.2, 0.25) is 5.89 Å². The van der Waals surface area contributed by atoms with Crippen molar-refractivity contribution in [3.05, 3.63) is 84.8 Å². The fourth-order valence-electron chi connectivity index (χ4n) is 2.69. The first-order valence-electron chi connectivity index (χ1n) is 8.36. The second-order valence-corrected chi connectivity index (χ2v) is 6.31. The summed E-state index contributed by atoms with van der Waals surface area (Å²) in [7, 11) is 0. The number of hydrogen-bond donors (Lipinski definition) is 1. The van der Waals surface area contributed by atoms with E-state index in [4.69, 9.17) is 4.42 Å². The number of nitrogens with zero attached hydrogens (tertiary/aromatic N) is 4. The summed E-state index contributed by atoms with van der Waals surface area (Å²) in [5.74, 6) is -0.587. The van der Waals surface area contributed by atoms with Crippen LogP contribution in [0.5, 0.6) is 0 Å². The topological polar surface area (TPSA) is 154 Å². The molecule has 29 heavy (non-hydrogen) atoms. The molecule has 11 heteroatoms. The van der Waals surface area contributed by atoms with Gasteiger partial charge in [0.05, 0.1) is 27.9 Å². The van der Waals surface area contributed by atoms with Crippen molar-refractivity contribution in [2.24, 2.45) is 0 Å². The SMILES string of the molecule is Cc1ccc(Cc2nnc(NC(=O)c3cc([N+](=O)[O-])cc([N+](=O)[O-])c3)o2)c(C)c1. The van der Waals surface area contributed by atoms with Crippen LogP contribution >= 0.6 is 0 Å². The molecule has 1 N–H and O–H groups in total. The van der Waals surface area contributed by atoms with Gasteiger partial charge in [0.25, 0.3) is 17.3 Å². The Hall–Kier alpha value is -4.15. The molecular formula is C18H15N5O6. The molecule has 0 aliphatic carbocycles. The number of anilines is 1. The maximum absolute atomic E-state index is 12.3. The number of carbonyl (C=O) groups is 1. The number of rotatable bonds is 6. The van der Waals surface area contributed by atoms with Crippen molar-refractivity contribution in [1.29, 1.82) is 0 Å². The normalized spacial score (nSPS) is 10.6. The molecule has 0 saturated carbocycles. The monoisotopic (exact) mass is 397 g/mol. The van der Waals surface area contributed by atoms with E-state index in [0.29, 0.717) is 6.42 Å². The Morgan fingerprint density at radius 2 is 1.69 bits per heavy atom. The largest absolute Gasteiger partial charge is 0.407 e. The summed E-state index contributed by atoms with van der Waals surface area (Å²) in [6.45, 7) is 3.94. The van der Waals surface area contributed by atoms with Crippen LogP contribution in [-0.2, 0) is 6.42 Å². The van der Waals surface area contributed by atoms with E-state index in [9.17, 15) is 25.0 Å². The van der Waals surface area contributed by atoms with E-state index in [2.05, 4.69) is 15.5 Å². The van der Waals surface area contributed by atoms with E-state index in [-0.39, 0.29) is 17.5 Å². The van der Waals surface area contributed by atoms with E-state index in [1.165, 1.54) is 0 Å². The van der Waals surface area contributed by atoms with Crippen molar-refractivity contribution in [2.45, 2.75) is 20.3 Å². The molecule has 0 radical (unpaired) electrons. The summed E-state index contributed by atoms with van der Waals surface area (Å²) in [6.07, 6.45) is 0.358. The van der Waals surface area contributed by atoms with Gasteiger partial charge in [-0.3, -0.25) is 30.3 Å². The lowest BCUT2D eigenvalue weighted by molar-refractivity contribution is -0.394. The second kappa shape index (κ2) is 7.84. The molecule has 0 aliphatic rings. The Kier molecular flexibility index (Phi) is 5.30. The number of aryl methyl sites for hydroxylation is 2. The van der Waals surface area contributed by atoms with Gasteiger partial charge in [-0.1, -0.05) is 28.9 Å². The number of carbonyl (C=O) groups excluding carboxylic acids is 1. The number of non-ortho nitro benzene ring substituents is 2. The molecule has 0 aliphatic heterocycles. The van der Waals surface area contributed by atoms with Crippen molar-refractivity contribution in [3.63, 3.8) is 0 Å². The first-order chi connectivity index (χ1) is 13.7. The van der Waals surface area contributed by atoms with E-state index in [1.807, 2.05) is 32.0 Å². The minimum Gasteiger partial charge on any atom is -0.407 e. The summed E-state index contributed by atoms with van der Waals surface area (Å²) in [5, 5.41) is 31.8. The molecule has 0 atom stereocenters. The standard InChI is InChI=1S/C18H15N5O6/c1-10-3-4-12(11(2)5-10)8-16-20-21-18(29-16)19-17(24)13-6-14(22(25)26)9-15(7-13)23(27)28/h3-7,9H,8H2,1-2H3,(H,19,21,24). The Balaban J connectivity index is 1.78. The van der Waals surface area contributed by atoms with Gasteiger partial charge in [-0.25, -0.2) is 0 Å². The molecule has 3 rings (SSSR count). The summed E-state index contributed by atoms with van der Waals surface area (Å²) >= 11 is 0. The van der Waals surface area contributed by atoms with E-state index < -0.39 is 27.1 Å². The minimum atomic E-state index is -0.849. The Morgan fingerprint density at radius 1 is 1.03 bits per heavy atom. The zero-order valence-electron chi connectivity index (χ0n) is 15.4. The number of nitrogens with one attached hydrogen (secondary N) is 1. The number of nitro benzene ring substituents is 2. The summed E-state index contributed by atoms with van der Waals surface area (Å²) in [4.78, 5) is 32.6. The van der Waals surface area contributed by atoms with Crippen molar-refractivity contribution in [2.75, 3.05) is 5.32 Å². The zero-order valence-corrected chi connectivity index (χ0v) is 15.4. The van der Waals surface area contributed by atoms with Crippen LogP contribution in [0.3, 0.4) is 0 Å². The third kappa shape index (κ3) is 4.58. The van der Waals surface area contributed by atoms with Crippen LogP contribution in [0.25, 0.3) is 0 Å². The van der Waals surface area contributed by atoms with Crippen LogP contribution in [0.15, 0.2) is 40.8 Å². The van der Waals surface area contributed by atoms with Crippen LogP contribution < -0.4 is 5.32 Å². The molecule has 2 aromatic carbocycles. The molecule has 0 unspecified atom stereocenters. The van der Waals surface area contributed by atoms with E-state index >= 15 is 0 Å². The number of benzene rings is 2. The lowest BCUT2D eigenvalue weighted by Gasteiger charge is -2.04. The van der Waals surface area contributed by atoms with Gasteiger partial charge in [0.1, 0.15) is 0 Å². The smallest absolute Gasteiger partial charge is 0.322 e. The van der Waals surface area contributed by atoms with Crippen molar-refractivity contribution in [3.8, 4) is 0 Å². The second-order valence-electron chi connectivity index (χ2n) is 6.31. The van der Waals surface area contributed by atoms with Gasteiger partial charge in [-0.05, 0) is 25.0 Å². The Bertz CT molecular complexity index is 1090. The zero-order chi connectivity index (χ0) is 21.1. The fraction of sp³-hybridized carbons (Fsp3) is 0.167. The minimum absolute atomic E-state index is 0.219. The van der Waals surface area contributed by atoms with Gasteiger partial charge in [-0.15, -0.1) is 5.10 Å². The van der Waals surface area contributed by atoms with Gasteiger partial charge in [-0.2, -0.15) is 0 Å². The summed E-state index contributed by atoms with van der Waals surface area (Å²) in [6, 6.07) is 8.31. The Labute approximate surface area is 163 Å². The van der Waals surface area contributed by atoms with Crippen molar-refractivity contribution < 1.29 is 19.1 Å².